The highest BCUT2D eigenvalue weighted by atomic mass is 32.2. The number of nitrogens with zero attached hydrogens (tertiary/aromatic N) is 1. The zero-order valence-corrected chi connectivity index (χ0v) is 10.1. The molecule has 0 saturated heterocycles. The van der Waals surface area contributed by atoms with Gasteiger partial charge in [-0.1, -0.05) is 12.1 Å². The summed E-state index contributed by atoms with van der Waals surface area (Å²) in [6.07, 6.45) is 3.92. The van der Waals surface area contributed by atoms with Crippen LogP contribution in [0.1, 0.15) is 0 Å². The summed E-state index contributed by atoms with van der Waals surface area (Å²) in [6, 6.07) is 11.8. The van der Waals surface area contributed by atoms with Gasteiger partial charge in [0.2, 0.25) is 5.56 Å². The minimum atomic E-state index is 0.0183. The fourth-order valence-electron chi connectivity index (χ4n) is 1.57. The molecular weight excluding hydrogens is 218 g/mol. The third-order valence-electron chi connectivity index (χ3n) is 2.49. The van der Waals surface area contributed by atoms with Gasteiger partial charge in [-0.05, 0) is 35.6 Å². The highest BCUT2D eigenvalue weighted by molar-refractivity contribution is 7.98. The van der Waals surface area contributed by atoms with Gasteiger partial charge in [0.25, 0.3) is 0 Å². The maximum atomic E-state index is 11.3. The third kappa shape index (κ3) is 2.19. The van der Waals surface area contributed by atoms with Gasteiger partial charge in [-0.15, -0.1) is 11.8 Å². The first-order valence-electron chi connectivity index (χ1n) is 5.02. The predicted octanol–water partition coefficient (Wildman–Crippen LogP) is 2.77. The molecule has 0 atom stereocenters. The number of pyridine rings is 1. The molecule has 82 valence electrons. The summed E-state index contributed by atoms with van der Waals surface area (Å²) in [5.41, 5.74) is 2.23. The number of hydrogen-bond acceptors (Lipinski definition) is 2. The van der Waals surface area contributed by atoms with Crippen LogP contribution in [-0.4, -0.2) is 10.8 Å². The topological polar surface area (TPSA) is 22.0 Å². The summed E-state index contributed by atoms with van der Waals surface area (Å²) < 4.78 is 1.60. The molecule has 1 aromatic heterocycles. The van der Waals surface area contributed by atoms with E-state index in [-0.39, 0.29) is 5.56 Å². The highest BCUT2D eigenvalue weighted by Crippen LogP contribution is 2.23. The molecule has 0 aliphatic carbocycles. The number of rotatable bonds is 2. The van der Waals surface area contributed by atoms with Crippen LogP contribution in [0.2, 0.25) is 0 Å². The molecule has 0 aliphatic heterocycles. The molecule has 0 radical (unpaired) electrons. The van der Waals surface area contributed by atoms with E-state index in [1.807, 2.05) is 18.3 Å². The van der Waals surface area contributed by atoms with Crippen LogP contribution in [0, 0.1) is 0 Å². The van der Waals surface area contributed by atoms with E-state index in [2.05, 4.69) is 24.5 Å². The van der Waals surface area contributed by atoms with Gasteiger partial charge >= 0.3 is 0 Å². The van der Waals surface area contributed by atoms with Gasteiger partial charge in [-0.3, -0.25) is 4.79 Å². The molecule has 2 nitrogen and oxygen atoms in total. The zero-order valence-electron chi connectivity index (χ0n) is 9.31. The Morgan fingerprint density at radius 2 is 1.94 bits per heavy atom. The van der Waals surface area contributed by atoms with Crippen molar-refractivity contribution in [2.24, 2.45) is 7.05 Å². The van der Waals surface area contributed by atoms with E-state index in [1.165, 1.54) is 4.90 Å². The Morgan fingerprint density at radius 3 is 2.62 bits per heavy atom. The average Bonchev–Trinajstić information content (AvgIpc) is 2.33. The van der Waals surface area contributed by atoms with Crippen LogP contribution >= 0.6 is 11.8 Å². The lowest BCUT2D eigenvalue weighted by molar-refractivity contribution is 0.862. The summed E-state index contributed by atoms with van der Waals surface area (Å²) >= 11 is 1.72. The second-order valence-electron chi connectivity index (χ2n) is 3.60. The van der Waals surface area contributed by atoms with Crippen molar-refractivity contribution < 1.29 is 0 Å². The molecule has 0 saturated carbocycles. The van der Waals surface area contributed by atoms with Crippen molar-refractivity contribution in [3.63, 3.8) is 0 Å². The first-order valence-corrected chi connectivity index (χ1v) is 6.24. The van der Waals surface area contributed by atoms with E-state index in [0.717, 1.165) is 11.1 Å². The van der Waals surface area contributed by atoms with Gasteiger partial charge < -0.3 is 4.57 Å². The van der Waals surface area contributed by atoms with Crippen LogP contribution in [0.25, 0.3) is 11.1 Å². The number of thioether (sulfide) groups is 1. The predicted molar refractivity (Wildman–Crippen MR) is 68.9 cm³/mol. The van der Waals surface area contributed by atoms with E-state index in [9.17, 15) is 4.79 Å². The maximum absolute atomic E-state index is 11.3. The zero-order chi connectivity index (χ0) is 11.5. The fraction of sp³-hybridized carbons (Fsp3) is 0.154. The monoisotopic (exact) mass is 231 g/mol. The molecule has 16 heavy (non-hydrogen) atoms. The Hall–Kier alpha value is -1.48. The molecule has 2 aromatic rings. The average molecular weight is 231 g/mol. The normalized spacial score (nSPS) is 10.4. The van der Waals surface area contributed by atoms with Crippen molar-refractivity contribution in [1.82, 2.24) is 4.57 Å². The Bertz CT molecular complexity index is 560. The largest absolute Gasteiger partial charge is 0.318 e. The second kappa shape index (κ2) is 4.58. The summed E-state index contributed by atoms with van der Waals surface area (Å²) in [5.74, 6) is 0. The standard InChI is InChI=1S/C13H13NOS/c1-14-9-11(6-7-13(14)15)10-4-3-5-12(8-10)16-2/h3-9H,1-2H3. The van der Waals surface area contributed by atoms with Crippen molar-refractivity contribution in [2.75, 3.05) is 6.26 Å². The second-order valence-corrected chi connectivity index (χ2v) is 4.48. The van der Waals surface area contributed by atoms with Crippen molar-refractivity contribution in [3.05, 3.63) is 52.9 Å². The van der Waals surface area contributed by atoms with Crippen LogP contribution in [0.5, 0.6) is 0 Å². The van der Waals surface area contributed by atoms with Crippen molar-refractivity contribution >= 4 is 11.8 Å². The molecule has 1 heterocycles. The number of benzene rings is 1. The SMILES string of the molecule is CSc1cccc(-c2ccc(=O)n(C)c2)c1. The molecule has 0 fully saturated rings. The molecule has 0 aliphatic rings. The van der Waals surface area contributed by atoms with E-state index in [1.54, 1.807) is 29.4 Å². The van der Waals surface area contributed by atoms with Crippen molar-refractivity contribution in [3.8, 4) is 11.1 Å². The summed E-state index contributed by atoms with van der Waals surface area (Å²) in [7, 11) is 1.77. The summed E-state index contributed by atoms with van der Waals surface area (Å²) in [6.45, 7) is 0. The first kappa shape index (κ1) is 11.0. The molecule has 0 spiro atoms. The van der Waals surface area contributed by atoms with Crippen LogP contribution in [0.15, 0.2) is 52.3 Å². The molecule has 0 bridgehead atoms. The van der Waals surface area contributed by atoms with E-state index in [4.69, 9.17) is 0 Å². The lowest BCUT2D eigenvalue weighted by atomic mass is 10.1. The molecular formula is C13H13NOS. The number of aryl methyl sites for hydroxylation is 1. The Labute approximate surface area is 98.9 Å². The van der Waals surface area contributed by atoms with Crippen LogP contribution < -0.4 is 5.56 Å². The minimum Gasteiger partial charge on any atom is -0.318 e. The van der Waals surface area contributed by atoms with E-state index < -0.39 is 0 Å². The summed E-state index contributed by atoms with van der Waals surface area (Å²) in [5, 5.41) is 0. The Kier molecular flexibility index (Phi) is 3.15. The Morgan fingerprint density at radius 1 is 1.12 bits per heavy atom. The lowest BCUT2D eigenvalue weighted by Gasteiger charge is -2.05. The Balaban J connectivity index is 2.50. The minimum absolute atomic E-state index is 0.0183. The van der Waals surface area contributed by atoms with Crippen LogP contribution in [0.3, 0.4) is 0 Å². The highest BCUT2D eigenvalue weighted by Gasteiger charge is 2.00. The smallest absolute Gasteiger partial charge is 0.250 e. The third-order valence-corrected chi connectivity index (χ3v) is 3.21. The fourth-order valence-corrected chi connectivity index (χ4v) is 2.03. The van der Waals surface area contributed by atoms with Crippen molar-refractivity contribution in [2.45, 2.75) is 4.90 Å². The molecule has 3 heteroatoms. The van der Waals surface area contributed by atoms with Gasteiger partial charge in [-0.2, -0.15) is 0 Å². The maximum Gasteiger partial charge on any atom is 0.250 e. The van der Waals surface area contributed by atoms with Crippen LogP contribution in [0.4, 0.5) is 0 Å². The molecule has 2 rings (SSSR count). The molecule has 0 unspecified atom stereocenters. The van der Waals surface area contributed by atoms with Gasteiger partial charge in [0.15, 0.2) is 0 Å². The first-order chi connectivity index (χ1) is 7.70. The van der Waals surface area contributed by atoms with Gasteiger partial charge in [-0.25, -0.2) is 0 Å². The molecule has 0 amide bonds. The van der Waals surface area contributed by atoms with E-state index in [0.29, 0.717) is 0 Å². The van der Waals surface area contributed by atoms with Gasteiger partial charge in [0.05, 0.1) is 0 Å². The molecule has 0 N–H and O–H groups in total. The van der Waals surface area contributed by atoms with E-state index >= 15 is 0 Å². The summed E-state index contributed by atoms with van der Waals surface area (Å²) in [4.78, 5) is 12.5. The van der Waals surface area contributed by atoms with Crippen LogP contribution in [-0.2, 0) is 7.05 Å². The quantitative estimate of drug-likeness (QED) is 0.741. The van der Waals surface area contributed by atoms with Gasteiger partial charge in [0.1, 0.15) is 0 Å². The van der Waals surface area contributed by atoms with Gasteiger partial charge in [0, 0.05) is 24.2 Å². The lowest BCUT2D eigenvalue weighted by Crippen LogP contribution is -2.13. The van der Waals surface area contributed by atoms with Crippen molar-refractivity contribution in [1.29, 1.82) is 0 Å². The number of hydrogen-bond donors (Lipinski definition) is 0. The number of aromatic nitrogens is 1. The molecule has 1 aromatic carbocycles.